The van der Waals surface area contributed by atoms with E-state index >= 15 is 0 Å². The third kappa shape index (κ3) is 2.53. The van der Waals surface area contributed by atoms with E-state index in [0.29, 0.717) is 41.8 Å². The summed E-state index contributed by atoms with van der Waals surface area (Å²) in [5, 5.41) is 0. The molecule has 0 saturated carbocycles. The molecular formula is C18H15F3N4O. The van der Waals surface area contributed by atoms with Gasteiger partial charge in [0.2, 0.25) is 0 Å². The number of rotatable bonds is 1. The van der Waals surface area contributed by atoms with Crippen LogP contribution < -0.4 is 4.90 Å². The molecule has 1 aliphatic rings. The van der Waals surface area contributed by atoms with Crippen molar-refractivity contribution in [2.45, 2.75) is 19.0 Å². The number of hydrogen-bond acceptors (Lipinski definition) is 3. The first-order chi connectivity index (χ1) is 12.4. The Morgan fingerprint density at radius 1 is 1.19 bits per heavy atom. The second-order valence-electron chi connectivity index (χ2n) is 6.25. The monoisotopic (exact) mass is 360 g/mol. The average Bonchev–Trinajstić information content (AvgIpc) is 3.00. The molecule has 26 heavy (non-hydrogen) atoms. The van der Waals surface area contributed by atoms with Crippen molar-refractivity contribution in [3.05, 3.63) is 53.5 Å². The fraction of sp³-hybridized carbons (Fsp3) is 0.278. The standard InChI is InChI=1S/C18H15F3N4O/c1-24-10-23-15-12(7-8-22-16(15)24)17(26)25-9-3-4-11-13(18(19,20)21)5-2-6-14(11)25/h2,5-8,10H,3-4,9H2,1H3. The van der Waals surface area contributed by atoms with Crippen LogP contribution >= 0.6 is 0 Å². The molecule has 0 aliphatic carbocycles. The van der Waals surface area contributed by atoms with Gasteiger partial charge < -0.3 is 9.47 Å². The van der Waals surface area contributed by atoms with E-state index in [4.69, 9.17) is 0 Å². The second-order valence-corrected chi connectivity index (χ2v) is 6.25. The minimum atomic E-state index is -4.44. The van der Waals surface area contributed by atoms with Gasteiger partial charge in [0.25, 0.3) is 5.91 Å². The highest BCUT2D eigenvalue weighted by molar-refractivity contribution is 6.12. The van der Waals surface area contributed by atoms with Crippen LogP contribution in [-0.4, -0.2) is 27.0 Å². The fourth-order valence-corrected chi connectivity index (χ4v) is 3.45. The molecule has 0 fully saturated rings. The molecule has 1 aromatic carbocycles. The molecule has 8 heteroatoms. The summed E-state index contributed by atoms with van der Waals surface area (Å²) in [6.07, 6.45) is -0.608. The minimum Gasteiger partial charge on any atom is -0.318 e. The van der Waals surface area contributed by atoms with Crippen LogP contribution in [0, 0.1) is 0 Å². The molecule has 0 bridgehead atoms. The Kier molecular flexibility index (Phi) is 3.71. The zero-order chi connectivity index (χ0) is 18.5. The molecule has 0 atom stereocenters. The number of aryl methyl sites for hydroxylation is 1. The lowest BCUT2D eigenvalue weighted by molar-refractivity contribution is -0.138. The molecule has 5 nitrogen and oxygen atoms in total. The third-order valence-electron chi connectivity index (χ3n) is 4.63. The van der Waals surface area contributed by atoms with Crippen LogP contribution in [-0.2, 0) is 19.6 Å². The van der Waals surface area contributed by atoms with Crippen LogP contribution in [0.4, 0.5) is 18.9 Å². The first-order valence-corrected chi connectivity index (χ1v) is 8.15. The Labute approximate surface area is 147 Å². The van der Waals surface area contributed by atoms with Crippen molar-refractivity contribution in [3.63, 3.8) is 0 Å². The third-order valence-corrected chi connectivity index (χ3v) is 4.63. The highest BCUT2D eigenvalue weighted by atomic mass is 19.4. The number of imidazole rings is 1. The fourth-order valence-electron chi connectivity index (χ4n) is 3.45. The largest absolute Gasteiger partial charge is 0.416 e. The van der Waals surface area contributed by atoms with E-state index in [1.54, 1.807) is 30.1 Å². The lowest BCUT2D eigenvalue weighted by atomic mass is 9.95. The molecule has 0 radical (unpaired) electrons. The summed E-state index contributed by atoms with van der Waals surface area (Å²) >= 11 is 0. The highest BCUT2D eigenvalue weighted by Crippen LogP contribution is 2.39. The van der Waals surface area contributed by atoms with Gasteiger partial charge in [-0.15, -0.1) is 0 Å². The van der Waals surface area contributed by atoms with Crippen LogP contribution in [0.5, 0.6) is 0 Å². The summed E-state index contributed by atoms with van der Waals surface area (Å²) in [6, 6.07) is 5.53. The summed E-state index contributed by atoms with van der Waals surface area (Å²) < 4.78 is 41.6. The number of fused-ring (bicyclic) bond motifs is 2. The normalized spacial score (nSPS) is 14.5. The van der Waals surface area contributed by atoms with Gasteiger partial charge in [-0.25, -0.2) is 9.97 Å². The molecule has 0 unspecified atom stereocenters. The van der Waals surface area contributed by atoms with Gasteiger partial charge in [0.05, 0.1) is 17.5 Å². The molecule has 4 rings (SSSR count). The highest BCUT2D eigenvalue weighted by Gasteiger charge is 2.37. The number of carbonyl (C=O) groups excluding carboxylic acids is 1. The number of hydrogen-bond donors (Lipinski definition) is 0. The number of aromatic nitrogens is 3. The SMILES string of the molecule is Cn1cnc2c(C(=O)N3CCCc4c3cccc4C(F)(F)F)ccnc21. The van der Waals surface area contributed by atoms with E-state index in [2.05, 4.69) is 9.97 Å². The van der Waals surface area contributed by atoms with Gasteiger partial charge in [0, 0.05) is 25.5 Å². The summed E-state index contributed by atoms with van der Waals surface area (Å²) in [5.41, 5.74) is 1.14. The summed E-state index contributed by atoms with van der Waals surface area (Å²) in [6.45, 7) is 0.365. The molecule has 0 saturated heterocycles. The number of benzene rings is 1. The molecule has 0 N–H and O–H groups in total. The van der Waals surface area contributed by atoms with E-state index in [0.717, 1.165) is 6.07 Å². The molecule has 1 amide bonds. The van der Waals surface area contributed by atoms with Crippen LogP contribution in [0.3, 0.4) is 0 Å². The van der Waals surface area contributed by atoms with Gasteiger partial charge in [0.15, 0.2) is 5.65 Å². The Balaban J connectivity index is 1.82. The van der Waals surface area contributed by atoms with Crippen molar-refractivity contribution in [3.8, 4) is 0 Å². The Hall–Kier alpha value is -2.90. The molecule has 3 heterocycles. The molecule has 2 aromatic heterocycles. The van der Waals surface area contributed by atoms with E-state index in [1.165, 1.54) is 17.2 Å². The maximum atomic E-state index is 13.3. The van der Waals surface area contributed by atoms with Gasteiger partial charge >= 0.3 is 6.18 Å². The van der Waals surface area contributed by atoms with E-state index in [1.807, 2.05) is 0 Å². The molecule has 0 spiro atoms. The summed E-state index contributed by atoms with van der Waals surface area (Å²) in [4.78, 5) is 22.9. The van der Waals surface area contributed by atoms with Crippen LogP contribution in [0.1, 0.15) is 27.9 Å². The number of carbonyl (C=O) groups is 1. The maximum absolute atomic E-state index is 13.3. The summed E-state index contributed by atoms with van der Waals surface area (Å²) in [5.74, 6) is -0.364. The predicted molar refractivity (Wildman–Crippen MR) is 90.0 cm³/mol. The zero-order valence-electron chi connectivity index (χ0n) is 13.9. The van der Waals surface area contributed by atoms with Crippen molar-refractivity contribution >= 4 is 22.8 Å². The Morgan fingerprint density at radius 3 is 2.77 bits per heavy atom. The minimum absolute atomic E-state index is 0.172. The van der Waals surface area contributed by atoms with Crippen LogP contribution in [0.2, 0.25) is 0 Å². The number of pyridine rings is 1. The van der Waals surface area contributed by atoms with Gasteiger partial charge in [-0.2, -0.15) is 13.2 Å². The number of anilines is 1. The quantitative estimate of drug-likeness (QED) is 0.667. The Morgan fingerprint density at radius 2 is 2.00 bits per heavy atom. The van der Waals surface area contributed by atoms with Crippen molar-refractivity contribution in [2.75, 3.05) is 11.4 Å². The van der Waals surface area contributed by atoms with Gasteiger partial charge in [-0.05, 0) is 36.6 Å². The molecule has 134 valence electrons. The number of nitrogens with zero attached hydrogens (tertiary/aromatic N) is 4. The smallest absolute Gasteiger partial charge is 0.318 e. The molecular weight excluding hydrogens is 345 g/mol. The Bertz CT molecular complexity index is 1010. The first kappa shape index (κ1) is 16.6. The van der Waals surface area contributed by atoms with Gasteiger partial charge in [-0.3, -0.25) is 4.79 Å². The lowest BCUT2D eigenvalue weighted by Gasteiger charge is -2.31. The number of amides is 1. The van der Waals surface area contributed by atoms with E-state index < -0.39 is 11.7 Å². The van der Waals surface area contributed by atoms with Gasteiger partial charge in [-0.1, -0.05) is 6.07 Å². The topological polar surface area (TPSA) is 51.0 Å². The van der Waals surface area contributed by atoms with Crippen molar-refractivity contribution in [1.82, 2.24) is 14.5 Å². The number of alkyl halides is 3. The van der Waals surface area contributed by atoms with Crippen LogP contribution in [0.25, 0.3) is 11.2 Å². The van der Waals surface area contributed by atoms with E-state index in [-0.39, 0.29) is 11.5 Å². The zero-order valence-corrected chi connectivity index (χ0v) is 13.9. The van der Waals surface area contributed by atoms with Crippen molar-refractivity contribution in [2.24, 2.45) is 7.05 Å². The predicted octanol–water partition coefficient (Wildman–Crippen LogP) is 3.58. The van der Waals surface area contributed by atoms with Gasteiger partial charge in [0.1, 0.15) is 5.52 Å². The number of halogens is 3. The van der Waals surface area contributed by atoms with Crippen LogP contribution in [0.15, 0.2) is 36.8 Å². The second kappa shape index (κ2) is 5.82. The van der Waals surface area contributed by atoms with E-state index in [9.17, 15) is 18.0 Å². The lowest BCUT2D eigenvalue weighted by Crippen LogP contribution is -2.36. The molecule has 3 aromatic rings. The maximum Gasteiger partial charge on any atom is 0.416 e. The first-order valence-electron chi connectivity index (χ1n) is 8.15. The average molecular weight is 360 g/mol. The summed E-state index contributed by atoms with van der Waals surface area (Å²) in [7, 11) is 1.77. The molecule has 1 aliphatic heterocycles. The van der Waals surface area contributed by atoms with Crippen molar-refractivity contribution in [1.29, 1.82) is 0 Å². The van der Waals surface area contributed by atoms with Crippen molar-refractivity contribution < 1.29 is 18.0 Å².